The van der Waals surface area contributed by atoms with Crippen molar-refractivity contribution in [2.45, 2.75) is 40.0 Å². The molecule has 1 heterocycles. The summed E-state index contributed by atoms with van der Waals surface area (Å²) in [4.78, 5) is 4.93. The molecule has 0 radical (unpaired) electrons. The maximum Gasteiger partial charge on any atom is 0.0459 e. The molecule has 1 aliphatic rings. The molecule has 0 aliphatic carbocycles. The molecule has 0 saturated carbocycles. The molecule has 0 spiro atoms. The van der Waals surface area contributed by atoms with Gasteiger partial charge in [-0.05, 0) is 44.2 Å². The first-order valence-corrected chi connectivity index (χ1v) is 7.42. The van der Waals surface area contributed by atoms with Crippen LogP contribution in [0.2, 0.25) is 0 Å². The van der Waals surface area contributed by atoms with Crippen LogP contribution in [0.5, 0.6) is 0 Å². The molecule has 1 fully saturated rings. The van der Waals surface area contributed by atoms with E-state index in [2.05, 4.69) is 37.6 Å². The number of hydrogen-bond donors (Lipinski definition) is 1. The number of likely N-dealkylation sites (N-methyl/N-ethyl adjacent to an activating group) is 1. The van der Waals surface area contributed by atoms with Crippen LogP contribution in [-0.2, 0) is 0 Å². The molecule has 3 nitrogen and oxygen atoms in total. The highest BCUT2D eigenvalue weighted by atomic mass is 16.3. The molecule has 0 unspecified atom stereocenters. The predicted octanol–water partition coefficient (Wildman–Crippen LogP) is 2.06. The highest BCUT2D eigenvalue weighted by Gasteiger charge is 2.18. The molecule has 1 saturated heterocycles. The lowest BCUT2D eigenvalue weighted by molar-refractivity contribution is 0.130. The van der Waals surface area contributed by atoms with Gasteiger partial charge in [0.1, 0.15) is 0 Å². The Bertz CT molecular complexity index is 217. The van der Waals surface area contributed by atoms with E-state index >= 15 is 0 Å². The zero-order valence-electron chi connectivity index (χ0n) is 12.8. The average molecular weight is 256 g/mol. The molecule has 1 rings (SSSR count). The van der Waals surface area contributed by atoms with Gasteiger partial charge in [0, 0.05) is 32.8 Å². The summed E-state index contributed by atoms with van der Waals surface area (Å²) in [6.07, 6.45) is 3.52. The summed E-state index contributed by atoms with van der Waals surface area (Å²) in [5.41, 5.74) is 0.390. The third-order valence-corrected chi connectivity index (χ3v) is 4.01. The van der Waals surface area contributed by atoms with Gasteiger partial charge < -0.3 is 14.9 Å². The number of piperazine rings is 1. The van der Waals surface area contributed by atoms with E-state index in [0.29, 0.717) is 17.9 Å². The smallest absolute Gasteiger partial charge is 0.0459 e. The molecule has 0 aromatic carbocycles. The van der Waals surface area contributed by atoms with Crippen molar-refractivity contribution in [2.24, 2.45) is 11.3 Å². The van der Waals surface area contributed by atoms with Crippen LogP contribution < -0.4 is 0 Å². The molecule has 108 valence electrons. The van der Waals surface area contributed by atoms with Gasteiger partial charge in [0.15, 0.2) is 0 Å². The number of aliphatic hydroxyl groups is 1. The van der Waals surface area contributed by atoms with Gasteiger partial charge in [-0.1, -0.05) is 20.8 Å². The fraction of sp³-hybridized carbons (Fsp3) is 1.00. The molecule has 0 aromatic rings. The van der Waals surface area contributed by atoms with Crippen LogP contribution in [0.15, 0.2) is 0 Å². The van der Waals surface area contributed by atoms with Gasteiger partial charge in [-0.2, -0.15) is 0 Å². The van der Waals surface area contributed by atoms with Crippen LogP contribution in [0.4, 0.5) is 0 Å². The third kappa shape index (κ3) is 6.72. The van der Waals surface area contributed by atoms with Crippen LogP contribution in [-0.4, -0.2) is 61.3 Å². The van der Waals surface area contributed by atoms with E-state index in [-0.39, 0.29) is 0 Å². The third-order valence-electron chi connectivity index (χ3n) is 4.01. The fourth-order valence-electron chi connectivity index (χ4n) is 2.40. The first kappa shape index (κ1) is 15.9. The Kier molecular flexibility index (Phi) is 6.61. The van der Waals surface area contributed by atoms with Gasteiger partial charge in [-0.25, -0.2) is 0 Å². The second-order valence-electron chi connectivity index (χ2n) is 7.08. The Labute approximate surface area is 113 Å². The van der Waals surface area contributed by atoms with Gasteiger partial charge >= 0.3 is 0 Å². The summed E-state index contributed by atoms with van der Waals surface area (Å²) in [5, 5.41) is 9.47. The van der Waals surface area contributed by atoms with Crippen molar-refractivity contribution in [2.75, 3.05) is 46.4 Å². The quantitative estimate of drug-likeness (QED) is 0.788. The zero-order chi connectivity index (χ0) is 13.6. The van der Waals surface area contributed by atoms with E-state index in [9.17, 15) is 5.11 Å². The Morgan fingerprint density at radius 3 is 2.17 bits per heavy atom. The van der Waals surface area contributed by atoms with Crippen molar-refractivity contribution in [3.63, 3.8) is 0 Å². The molecule has 1 aliphatic heterocycles. The van der Waals surface area contributed by atoms with Crippen molar-refractivity contribution >= 4 is 0 Å². The maximum atomic E-state index is 9.47. The molecular formula is C15H32N2O. The first-order chi connectivity index (χ1) is 8.40. The van der Waals surface area contributed by atoms with E-state index in [0.717, 1.165) is 19.4 Å². The second-order valence-corrected chi connectivity index (χ2v) is 7.08. The molecule has 0 bridgehead atoms. The SMILES string of the molecule is CN1CCN(CC[C@@H](CO)CCC(C)(C)C)CC1. The average Bonchev–Trinajstić information content (AvgIpc) is 2.30. The monoisotopic (exact) mass is 256 g/mol. The Morgan fingerprint density at radius 1 is 1.06 bits per heavy atom. The standard InChI is InChI=1S/C15H32N2O/c1-15(2,3)7-5-14(13-18)6-8-17-11-9-16(4)10-12-17/h14,18H,5-13H2,1-4H3/t14-/m0/s1. The minimum absolute atomic E-state index is 0.351. The lowest BCUT2D eigenvalue weighted by atomic mass is 9.86. The summed E-state index contributed by atoms with van der Waals surface area (Å²) in [5.74, 6) is 0.490. The normalized spacial score (nSPS) is 21.2. The van der Waals surface area contributed by atoms with Crippen LogP contribution in [0.1, 0.15) is 40.0 Å². The number of aliphatic hydroxyl groups excluding tert-OH is 1. The van der Waals surface area contributed by atoms with Gasteiger partial charge in [-0.3, -0.25) is 0 Å². The highest BCUT2D eigenvalue weighted by Crippen LogP contribution is 2.25. The number of rotatable bonds is 6. The summed E-state index contributed by atoms with van der Waals surface area (Å²) >= 11 is 0. The maximum absolute atomic E-state index is 9.47. The molecule has 1 N–H and O–H groups in total. The number of nitrogens with zero attached hydrogens (tertiary/aromatic N) is 2. The minimum atomic E-state index is 0.351. The van der Waals surface area contributed by atoms with Crippen molar-refractivity contribution in [3.05, 3.63) is 0 Å². The Balaban J connectivity index is 2.18. The van der Waals surface area contributed by atoms with Crippen LogP contribution in [0.25, 0.3) is 0 Å². The van der Waals surface area contributed by atoms with Gasteiger partial charge in [0.05, 0.1) is 0 Å². The highest BCUT2D eigenvalue weighted by molar-refractivity contribution is 4.72. The molecule has 1 atom stereocenters. The lowest BCUT2D eigenvalue weighted by Gasteiger charge is -2.33. The van der Waals surface area contributed by atoms with Crippen molar-refractivity contribution in [1.29, 1.82) is 0 Å². The molecule has 0 amide bonds. The van der Waals surface area contributed by atoms with Crippen molar-refractivity contribution in [3.8, 4) is 0 Å². The van der Waals surface area contributed by atoms with Gasteiger partial charge in [0.25, 0.3) is 0 Å². The van der Waals surface area contributed by atoms with Gasteiger partial charge in [0.2, 0.25) is 0 Å². The Hall–Kier alpha value is -0.120. The van der Waals surface area contributed by atoms with E-state index < -0.39 is 0 Å². The van der Waals surface area contributed by atoms with E-state index in [1.165, 1.54) is 32.6 Å². The van der Waals surface area contributed by atoms with E-state index in [1.807, 2.05) is 0 Å². The lowest BCUT2D eigenvalue weighted by Crippen LogP contribution is -2.45. The largest absolute Gasteiger partial charge is 0.396 e. The van der Waals surface area contributed by atoms with Crippen molar-refractivity contribution in [1.82, 2.24) is 9.80 Å². The Morgan fingerprint density at radius 2 is 1.67 bits per heavy atom. The first-order valence-electron chi connectivity index (χ1n) is 7.42. The van der Waals surface area contributed by atoms with Crippen LogP contribution >= 0.6 is 0 Å². The summed E-state index contributed by atoms with van der Waals surface area (Å²) < 4.78 is 0. The minimum Gasteiger partial charge on any atom is -0.396 e. The molecule has 0 aromatic heterocycles. The van der Waals surface area contributed by atoms with E-state index in [1.54, 1.807) is 0 Å². The number of hydrogen-bond acceptors (Lipinski definition) is 3. The summed E-state index contributed by atoms with van der Waals surface area (Å²) in [7, 11) is 2.19. The summed E-state index contributed by atoms with van der Waals surface area (Å²) in [6, 6.07) is 0. The van der Waals surface area contributed by atoms with Crippen LogP contribution in [0, 0.1) is 11.3 Å². The fourth-order valence-corrected chi connectivity index (χ4v) is 2.40. The molecular weight excluding hydrogens is 224 g/mol. The second kappa shape index (κ2) is 7.46. The van der Waals surface area contributed by atoms with Crippen LogP contribution in [0.3, 0.4) is 0 Å². The topological polar surface area (TPSA) is 26.7 Å². The molecule has 18 heavy (non-hydrogen) atoms. The predicted molar refractivity (Wildman–Crippen MR) is 77.8 cm³/mol. The van der Waals surface area contributed by atoms with E-state index in [4.69, 9.17) is 0 Å². The zero-order valence-corrected chi connectivity index (χ0v) is 12.8. The molecule has 3 heteroatoms. The summed E-state index contributed by atoms with van der Waals surface area (Å²) in [6.45, 7) is 13.1. The van der Waals surface area contributed by atoms with Gasteiger partial charge in [-0.15, -0.1) is 0 Å². The van der Waals surface area contributed by atoms with Crippen molar-refractivity contribution < 1.29 is 5.11 Å².